The first-order valence-corrected chi connectivity index (χ1v) is 7.47. The van der Waals surface area contributed by atoms with E-state index in [0.29, 0.717) is 21.9 Å². The maximum Gasteiger partial charge on any atom is 0.269 e. The molecule has 0 radical (unpaired) electrons. The second-order valence-corrected chi connectivity index (χ2v) is 5.64. The number of carbonyl (C=O) groups is 1. The Morgan fingerprint density at radius 1 is 1.59 bits per heavy atom. The Morgan fingerprint density at radius 3 is 3.00 bits per heavy atom. The smallest absolute Gasteiger partial charge is 0.269 e. The number of benzene rings is 1. The Balaban J connectivity index is 2.45. The summed E-state index contributed by atoms with van der Waals surface area (Å²) in [5.74, 6) is -0.115. The van der Waals surface area contributed by atoms with Gasteiger partial charge in [0.15, 0.2) is 0 Å². The van der Waals surface area contributed by atoms with Crippen LogP contribution < -0.4 is 5.32 Å². The average molecular weight is 315 g/mol. The van der Waals surface area contributed by atoms with E-state index in [1.165, 1.54) is 23.9 Å². The van der Waals surface area contributed by atoms with Crippen LogP contribution in [-0.4, -0.2) is 16.6 Å². The monoisotopic (exact) mass is 315 g/mol. The fourth-order valence-corrected chi connectivity index (χ4v) is 3.03. The highest BCUT2D eigenvalue weighted by Crippen LogP contribution is 2.36. The van der Waals surface area contributed by atoms with Crippen LogP contribution in [0.1, 0.15) is 17.9 Å². The van der Waals surface area contributed by atoms with E-state index in [0.717, 1.165) is 0 Å². The number of nitrogens with zero attached hydrogens (tertiary/aromatic N) is 2. The second kappa shape index (κ2) is 6.91. The minimum atomic E-state index is -0.491. The minimum Gasteiger partial charge on any atom is -0.320 e. The van der Waals surface area contributed by atoms with E-state index in [2.05, 4.69) is 18.0 Å². The van der Waals surface area contributed by atoms with Gasteiger partial charge in [0.05, 0.1) is 21.6 Å². The molecule has 2 rings (SSSR count). The molecule has 0 saturated heterocycles. The van der Waals surface area contributed by atoms with Crippen molar-refractivity contribution in [2.45, 2.75) is 12.3 Å². The van der Waals surface area contributed by atoms with Crippen molar-refractivity contribution < 1.29 is 9.72 Å². The van der Waals surface area contributed by atoms with Crippen molar-refractivity contribution in [2.75, 3.05) is 5.75 Å². The van der Waals surface area contributed by atoms with Crippen LogP contribution in [0.15, 0.2) is 47.5 Å². The molecular weight excluding hydrogens is 302 g/mol. The third-order valence-corrected chi connectivity index (χ3v) is 4.20. The van der Waals surface area contributed by atoms with Gasteiger partial charge >= 0.3 is 0 Å². The zero-order valence-electron chi connectivity index (χ0n) is 11.6. The van der Waals surface area contributed by atoms with Gasteiger partial charge in [-0.15, -0.1) is 18.3 Å². The van der Waals surface area contributed by atoms with Gasteiger partial charge in [0.25, 0.3) is 5.69 Å². The number of thioether (sulfide) groups is 1. The lowest BCUT2D eigenvalue weighted by Crippen LogP contribution is -2.30. The maximum atomic E-state index is 11.9. The normalized spacial score (nSPS) is 17.6. The van der Waals surface area contributed by atoms with Crippen LogP contribution in [0.4, 0.5) is 5.69 Å². The van der Waals surface area contributed by atoms with Crippen LogP contribution >= 0.6 is 11.8 Å². The van der Waals surface area contributed by atoms with Gasteiger partial charge in [-0.25, -0.2) is 0 Å². The second-order valence-electron chi connectivity index (χ2n) is 4.61. The van der Waals surface area contributed by atoms with Gasteiger partial charge in [-0.2, -0.15) is 5.26 Å². The number of nitriles is 1. The first-order valence-electron chi connectivity index (χ1n) is 6.49. The quantitative estimate of drug-likeness (QED) is 0.512. The number of rotatable bonds is 5. The van der Waals surface area contributed by atoms with Crippen LogP contribution in [0.5, 0.6) is 0 Å². The van der Waals surface area contributed by atoms with Crippen LogP contribution in [0, 0.1) is 21.4 Å². The van der Waals surface area contributed by atoms with Gasteiger partial charge in [-0.1, -0.05) is 18.2 Å². The summed E-state index contributed by atoms with van der Waals surface area (Å²) in [6, 6.07) is 8.18. The van der Waals surface area contributed by atoms with Crippen LogP contribution in [-0.2, 0) is 4.79 Å². The largest absolute Gasteiger partial charge is 0.320 e. The fraction of sp³-hybridized carbons (Fsp3) is 0.200. The molecule has 1 aliphatic heterocycles. The summed E-state index contributed by atoms with van der Waals surface area (Å²) in [7, 11) is 0. The van der Waals surface area contributed by atoms with E-state index in [1.54, 1.807) is 18.2 Å². The molecule has 0 fully saturated rings. The van der Waals surface area contributed by atoms with Crippen molar-refractivity contribution in [1.29, 1.82) is 5.26 Å². The van der Waals surface area contributed by atoms with Crippen molar-refractivity contribution >= 4 is 23.4 Å². The molecule has 1 atom stereocenters. The highest BCUT2D eigenvalue weighted by molar-refractivity contribution is 8.03. The van der Waals surface area contributed by atoms with Gasteiger partial charge in [0.1, 0.15) is 0 Å². The number of hydrogen-bond acceptors (Lipinski definition) is 5. The van der Waals surface area contributed by atoms with Crippen molar-refractivity contribution in [3.05, 3.63) is 63.2 Å². The topological polar surface area (TPSA) is 96.0 Å². The first-order chi connectivity index (χ1) is 10.6. The summed E-state index contributed by atoms with van der Waals surface area (Å²) >= 11 is 1.32. The first kappa shape index (κ1) is 15.8. The number of allylic oxidation sites excluding steroid dienone is 1. The lowest BCUT2D eigenvalue weighted by atomic mass is 9.87. The SMILES string of the molecule is C=CCSC1=C(C#N)[C@H](c2cccc([N+](=O)[O-])c2)CC(=O)N1. The molecule has 1 heterocycles. The number of carbonyl (C=O) groups excluding carboxylic acids is 1. The van der Waals surface area contributed by atoms with Crippen molar-refractivity contribution in [3.8, 4) is 6.07 Å². The zero-order valence-corrected chi connectivity index (χ0v) is 12.4. The van der Waals surface area contributed by atoms with Gasteiger partial charge in [0, 0.05) is 30.2 Å². The molecule has 1 aromatic rings. The molecule has 1 aliphatic rings. The number of nitrogens with one attached hydrogen (secondary N) is 1. The molecule has 1 aromatic carbocycles. The molecule has 6 nitrogen and oxygen atoms in total. The van der Waals surface area contributed by atoms with Crippen LogP contribution in [0.25, 0.3) is 0 Å². The molecule has 0 bridgehead atoms. The Hall–Kier alpha value is -2.59. The number of nitro benzene ring substituents is 1. The lowest BCUT2D eigenvalue weighted by molar-refractivity contribution is -0.384. The Bertz CT molecular complexity index is 706. The van der Waals surface area contributed by atoms with E-state index in [-0.39, 0.29) is 18.0 Å². The summed E-state index contributed by atoms with van der Waals surface area (Å²) in [6.45, 7) is 3.61. The third kappa shape index (κ3) is 3.35. The standard InChI is InChI=1S/C15H13N3O3S/c1-2-6-22-15-13(9-16)12(8-14(19)17-15)10-4-3-5-11(7-10)18(20)21/h2-5,7,12H,1,6,8H2,(H,17,19)/t12-/m0/s1. The molecule has 22 heavy (non-hydrogen) atoms. The highest BCUT2D eigenvalue weighted by Gasteiger charge is 2.30. The minimum absolute atomic E-state index is 0.0546. The summed E-state index contributed by atoms with van der Waals surface area (Å²) in [5, 5.41) is 23.5. The summed E-state index contributed by atoms with van der Waals surface area (Å²) in [5.41, 5.74) is 0.963. The van der Waals surface area contributed by atoms with E-state index >= 15 is 0 Å². The zero-order chi connectivity index (χ0) is 16.1. The molecule has 1 amide bonds. The third-order valence-electron chi connectivity index (χ3n) is 3.18. The van der Waals surface area contributed by atoms with Gasteiger partial charge < -0.3 is 5.32 Å². The maximum absolute atomic E-state index is 11.9. The predicted molar refractivity (Wildman–Crippen MR) is 83.9 cm³/mol. The van der Waals surface area contributed by atoms with Crippen LogP contribution in [0.3, 0.4) is 0 Å². The molecule has 1 N–H and O–H groups in total. The fourth-order valence-electron chi connectivity index (χ4n) is 2.22. The van der Waals surface area contributed by atoms with Crippen molar-refractivity contribution in [3.63, 3.8) is 0 Å². The van der Waals surface area contributed by atoms with E-state index in [4.69, 9.17) is 0 Å². The Morgan fingerprint density at radius 2 is 2.36 bits per heavy atom. The van der Waals surface area contributed by atoms with Crippen molar-refractivity contribution in [1.82, 2.24) is 5.32 Å². The summed E-state index contributed by atoms with van der Waals surface area (Å²) in [4.78, 5) is 22.3. The molecule has 0 spiro atoms. The molecule has 7 heteroatoms. The summed E-state index contributed by atoms with van der Waals surface area (Å²) < 4.78 is 0. The van der Waals surface area contributed by atoms with Crippen LogP contribution in [0.2, 0.25) is 0 Å². The Kier molecular flexibility index (Phi) is 4.96. The van der Waals surface area contributed by atoms with Gasteiger partial charge in [-0.3, -0.25) is 14.9 Å². The average Bonchev–Trinajstić information content (AvgIpc) is 2.52. The molecule has 0 aliphatic carbocycles. The molecule has 112 valence electrons. The predicted octanol–water partition coefficient (Wildman–Crippen LogP) is 2.85. The number of hydrogen-bond donors (Lipinski definition) is 1. The Labute approximate surface area is 131 Å². The van der Waals surface area contributed by atoms with E-state index in [1.807, 2.05) is 0 Å². The van der Waals surface area contributed by atoms with E-state index in [9.17, 15) is 20.2 Å². The molecule has 0 unspecified atom stereocenters. The van der Waals surface area contributed by atoms with Gasteiger partial charge in [-0.05, 0) is 5.56 Å². The highest BCUT2D eigenvalue weighted by atomic mass is 32.2. The molecule has 0 saturated carbocycles. The van der Waals surface area contributed by atoms with Crippen molar-refractivity contribution in [2.24, 2.45) is 0 Å². The molecule has 0 aromatic heterocycles. The molecular formula is C15H13N3O3S. The number of amides is 1. The number of nitro groups is 1. The lowest BCUT2D eigenvalue weighted by Gasteiger charge is -2.24. The summed E-state index contributed by atoms with van der Waals surface area (Å²) in [6.07, 6.45) is 1.78. The van der Waals surface area contributed by atoms with Gasteiger partial charge in [0.2, 0.25) is 5.91 Å². The van der Waals surface area contributed by atoms with E-state index < -0.39 is 10.8 Å². The number of non-ortho nitro benzene ring substituents is 1.